The number of ether oxygens (including phenoxy) is 1. The Labute approximate surface area is 102 Å². The molecule has 0 aliphatic carbocycles. The fourth-order valence-electron chi connectivity index (χ4n) is 1.51. The van der Waals surface area contributed by atoms with Crippen LogP contribution in [0, 0.1) is 5.82 Å². The summed E-state index contributed by atoms with van der Waals surface area (Å²) >= 11 is 0. The number of nitrogens with one attached hydrogen (secondary N) is 1. The van der Waals surface area contributed by atoms with Gasteiger partial charge in [-0.25, -0.2) is 4.39 Å². The number of rotatable bonds is 7. The highest BCUT2D eigenvalue weighted by Gasteiger charge is 2.09. The van der Waals surface area contributed by atoms with Gasteiger partial charge in [0, 0.05) is 24.3 Å². The minimum atomic E-state index is -0.258. The van der Waals surface area contributed by atoms with Crippen molar-refractivity contribution in [1.29, 1.82) is 0 Å². The number of halogens is 1. The van der Waals surface area contributed by atoms with Crippen LogP contribution < -0.4 is 10.1 Å². The van der Waals surface area contributed by atoms with Crippen LogP contribution >= 0.6 is 0 Å². The molecule has 1 rings (SSSR count). The van der Waals surface area contributed by atoms with Crippen LogP contribution in [0.15, 0.2) is 18.2 Å². The van der Waals surface area contributed by atoms with Gasteiger partial charge in [0.15, 0.2) is 0 Å². The summed E-state index contributed by atoms with van der Waals surface area (Å²) in [6, 6.07) is 4.89. The lowest BCUT2D eigenvalue weighted by molar-refractivity contribution is 0.252. The monoisotopic (exact) mass is 241 g/mol. The molecule has 0 aromatic heterocycles. The highest BCUT2D eigenvalue weighted by Crippen LogP contribution is 2.21. The molecule has 96 valence electrons. The second kappa shape index (κ2) is 7.25. The second-order valence-electron chi connectivity index (χ2n) is 3.97. The zero-order valence-corrected chi connectivity index (χ0v) is 10.4. The molecule has 3 nitrogen and oxygen atoms in total. The summed E-state index contributed by atoms with van der Waals surface area (Å²) < 4.78 is 19.1. The maximum absolute atomic E-state index is 13.7. The molecule has 0 heterocycles. The van der Waals surface area contributed by atoms with Gasteiger partial charge >= 0.3 is 0 Å². The van der Waals surface area contributed by atoms with Crippen molar-refractivity contribution < 1.29 is 14.2 Å². The first kappa shape index (κ1) is 13.9. The van der Waals surface area contributed by atoms with Crippen LogP contribution in [0.3, 0.4) is 0 Å². The molecule has 4 heteroatoms. The number of benzene rings is 1. The molecule has 0 aliphatic heterocycles. The van der Waals surface area contributed by atoms with Crippen LogP contribution in [-0.2, 0) is 0 Å². The molecule has 2 N–H and O–H groups in total. The lowest BCUT2D eigenvalue weighted by atomic mass is 10.1. The van der Waals surface area contributed by atoms with Crippen molar-refractivity contribution in [2.24, 2.45) is 0 Å². The first-order valence-electron chi connectivity index (χ1n) is 5.89. The summed E-state index contributed by atoms with van der Waals surface area (Å²) in [5.41, 5.74) is 0.634. The van der Waals surface area contributed by atoms with Gasteiger partial charge in [0.1, 0.15) is 11.6 Å². The van der Waals surface area contributed by atoms with E-state index in [1.54, 1.807) is 19.2 Å². The number of aliphatic hydroxyl groups excluding tert-OH is 1. The van der Waals surface area contributed by atoms with E-state index in [0.29, 0.717) is 24.3 Å². The molecule has 0 saturated heterocycles. The van der Waals surface area contributed by atoms with Gasteiger partial charge < -0.3 is 15.2 Å². The molecule has 0 amide bonds. The smallest absolute Gasteiger partial charge is 0.131 e. The van der Waals surface area contributed by atoms with E-state index in [2.05, 4.69) is 5.32 Å². The maximum atomic E-state index is 13.7. The molecular weight excluding hydrogens is 221 g/mol. The van der Waals surface area contributed by atoms with Gasteiger partial charge in [-0.1, -0.05) is 6.07 Å². The Bertz CT molecular complexity index is 344. The van der Waals surface area contributed by atoms with Crippen LogP contribution in [0.1, 0.15) is 31.4 Å². The summed E-state index contributed by atoms with van der Waals surface area (Å²) in [7, 11) is 1.80. The largest absolute Gasteiger partial charge is 0.493 e. The van der Waals surface area contributed by atoms with Gasteiger partial charge in [0.25, 0.3) is 0 Å². The summed E-state index contributed by atoms with van der Waals surface area (Å²) in [6.07, 6.45) is 1.48. The zero-order chi connectivity index (χ0) is 12.7. The molecule has 0 fully saturated rings. The number of hydrogen-bond donors (Lipinski definition) is 2. The van der Waals surface area contributed by atoms with Crippen LogP contribution in [-0.4, -0.2) is 25.4 Å². The Morgan fingerprint density at radius 3 is 2.76 bits per heavy atom. The van der Waals surface area contributed by atoms with Crippen LogP contribution in [0.5, 0.6) is 5.75 Å². The van der Waals surface area contributed by atoms with E-state index in [9.17, 15) is 4.39 Å². The summed E-state index contributed by atoms with van der Waals surface area (Å²) in [5, 5.41) is 11.6. The van der Waals surface area contributed by atoms with Gasteiger partial charge in [0.2, 0.25) is 0 Å². The molecule has 1 aromatic carbocycles. The minimum Gasteiger partial charge on any atom is -0.493 e. The SMILES string of the molecule is CNC(C)c1ccc(OCCCCO)cc1F. The molecule has 0 aliphatic rings. The van der Waals surface area contributed by atoms with E-state index in [1.165, 1.54) is 6.07 Å². The van der Waals surface area contributed by atoms with Gasteiger partial charge in [-0.15, -0.1) is 0 Å². The average Bonchev–Trinajstić information content (AvgIpc) is 2.34. The zero-order valence-electron chi connectivity index (χ0n) is 10.4. The minimum absolute atomic E-state index is 0.0153. The van der Waals surface area contributed by atoms with Gasteiger partial charge in [0.05, 0.1) is 6.61 Å². The van der Waals surface area contributed by atoms with Crippen LogP contribution in [0.2, 0.25) is 0 Å². The Morgan fingerprint density at radius 1 is 1.41 bits per heavy atom. The first-order chi connectivity index (χ1) is 8.19. The highest BCUT2D eigenvalue weighted by atomic mass is 19.1. The van der Waals surface area contributed by atoms with Crippen LogP contribution in [0.25, 0.3) is 0 Å². The van der Waals surface area contributed by atoms with Crippen molar-refractivity contribution >= 4 is 0 Å². The summed E-state index contributed by atoms with van der Waals surface area (Å²) in [6.45, 7) is 2.57. The van der Waals surface area contributed by atoms with Crippen molar-refractivity contribution in [3.05, 3.63) is 29.6 Å². The number of aliphatic hydroxyl groups is 1. The van der Waals surface area contributed by atoms with E-state index in [-0.39, 0.29) is 18.5 Å². The Morgan fingerprint density at radius 2 is 2.18 bits per heavy atom. The van der Waals surface area contributed by atoms with E-state index in [1.807, 2.05) is 6.92 Å². The van der Waals surface area contributed by atoms with E-state index in [4.69, 9.17) is 9.84 Å². The van der Waals surface area contributed by atoms with Crippen LogP contribution in [0.4, 0.5) is 4.39 Å². The highest BCUT2D eigenvalue weighted by molar-refractivity contribution is 5.30. The lowest BCUT2D eigenvalue weighted by Gasteiger charge is -2.13. The third-order valence-corrected chi connectivity index (χ3v) is 2.69. The fourth-order valence-corrected chi connectivity index (χ4v) is 1.51. The second-order valence-corrected chi connectivity index (χ2v) is 3.97. The predicted octanol–water partition coefficient (Wildman–Crippen LogP) is 2.26. The van der Waals surface area contributed by atoms with Gasteiger partial charge in [-0.3, -0.25) is 0 Å². The average molecular weight is 241 g/mol. The predicted molar refractivity (Wildman–Crippen MR) is 65.7 cm³/mol. The standard InChI is InChI=1S/C13H20FNO2/c1-10(15-2)12-6-5-11(9-13(12)14)17-8-4-3-7-16/h5-6,9-10,15-16H,3-4,7-8H2,1-2H3. The molecule has 17 heavy (non-hydrogen) atoms. The van der Waals surface area contributed by atoms with Gasteiger partial charge in [-0.2, -0.15) is 0 Å². The third kappa shape index (κ3) is 4.32. The summed E-state index contributed by atoms with van der Waals surface area (Å²) in [5.74, 6) is 0.277. The Kier molecular flexibility index (Phi) is 5.94. The van der Waals surface area contributed by atoms with Crippen molar-refractivity contribution in [3.8, 4) is 5.75 Å². The molecule has 1 unspecified atom stereocenters. The normalized spacial score (nSPS) is 12.5. The molecule has 1 atom stereocenters. The molecule has 0 saturated carbocycles. The first-order valence-corrected chi connectivity index (χ1v) is 5.89. The van der Waals surface area contributed by atoms with Crippen molar-refractivity contribution in [2.75, 3.05) is 20.3 Å². The topological polar surface area (TPSA) is 41.5 Å². The lowest BCUT2D eigenvalue weighted by Crippen LogP contribution is -2.13. The van der Waals surface area contributed by atoms with Crippen molar-refractivity contribution in [3.63, 3.8) is 0 Å². The van der Waals surface area contributed by atoms with Crippen molar-refractivity contribution in [2.45, 2.75) is 25.8 Å². The quantitative estimate of drug-likeness (QED) is 0.719. The molecule has 0 bridgehead atoms. The van der Waals surface area contributed by atoms with E-state index in [0.717, 1.165) is 6.42 Å². The number of unbranched alkanes of at least 4 members (excludes halogenated alkanes) is 1. The molecule has 0 spiro atoms. The molecule has 0 radical (unpaired) electrons. The fraction of sp³-hybridized carbons (Fsp3) is 0.538. The Balaban J connectivity index is 2.56. The van der Waals surface area contributed by atoms with E-state index >= 15 is 0 Å². The summed E-state index contributed by atoms with van der Waals surface area (Å²) in [4.78, 5) is 0. The molecular formula is C13H20FNO2. The maximum Gasteiger partial charge on any atom is 0.131 e. The number of hydrogen-bond acceptors (Lipinski definition) is 3. The molecule has 1 aromatic rings. The third-order valence-electron chi connectivity index (χ3n) is 2.69. The Hall–Kier alpha value is -1.13. The van der Waals surface area contributed by atoms with Crippen molar-refractivity contribution in [1.82, 2.24) is 5.32 Å². The van der Waals surface area contributed by atoms with Gasteiger partial charge in [-0.05, 0) is 32.9 Å². The van der Waals surface area contributed by atoms with E-state index < -0.39 is 0 Å².